The van der Waals surface area contributed by atoms with Crippen molar-refractivity contribution in [2.45, 2.75) is 23.9 Å². The van der Waals surface area contributed by atoms with Crippen LogP contribution in [-0.4, -0.2) is 58.3 Å². The van der Waals surface area contributed by atoms with E-state index in [1.165, 1.54) is 12.1 Å². The predicted molar refractivity (Wildman–Crippen MR) is 81.5 cm³/mol. The van der Waals surface area contributed by atoms with Crippen molar-refractivity contribution in [3.63, 3.8) is 0 Å². The minimum atomic E-state index is -2.60. The molecule has 1 aliphatic carbocycles. The number of methoxy groups -OCH3 is 1. The largest absolute Gasteiger partial charge is 0.467 e. The molecule has 0 saturated carbocycles. The Morgan fingerprint density at radius 3 is 2.35 bits per heavy atom. The van der Waals surface area contributed by atoms with E-state index in [9.17, 15) is 24.9 Å². The van der Waals surface area contributed by atoms with Crippen molar-refractivity contribution in [3.05, 3.63) is 46.5 Å². The van der Waals surface area contributed by atoms with Gasteiger partial charge in [-0.15, -0.1) is 0 Å². The molecule has 0 fully saturated rings. The van der Waals surface area contributed by atoms with Gasteiger partial charge >= 0.3 is 11.9 Å². The number of esters is 2. The van der Waals surface area contributed by atoms with Gasteiger partial charge in [0.1, 0.15) is 12.2 Å². The summed E-state index contributed by atoms with van der Waals surface area (Å²) < 4.78 is 10.3. The Bertz CT molecular complexity index is 627. The summed E-state index contributed by atoms with van der Waals surface area (Å²) in [5, 5.41) is 30.0. The molecule has 7 nitrogen and oxygen atoms in total. The van der Waals surface area contributed by atoms with Crippen molar-refractivity contribution < 1.29 is 34.4 Å². The fourth-order valence-corrected chi connectivity index (χ4v) is 2.46. The second-order valence-electron chi connectivity index (χ2n) is 4.97. The topological polar surface area (TPSA) is 113 Å². The molecule has 1 aliphatic rings. The van der Waals surface area contributed by atoms with Crippen molar-refractivity contribution >= 4 is 27.9 Å². The van der Waals surface area contributed by atoms with E-state index >= 15 is 0 Å². The highest BCUT2D eigenvalue weighted by molar-refractivity contribution is 9.10. The molecule has 0 saturated heterocycles. The summed E-state index contributed by atoms with van der Waals surface area (Å²) in [5.74, 6) is -2.03. The maximum atomic E-state index is 12.1. The van der Waals surface area contributed by atoms with Gasteiger partial charge in [0.2, 0.25) is 5.60 Å². The lowest BCUT2D eigenvalue weighted by Crippen LogP contribution is -2.64. The van der Waals surface area contributed by atoms with Crippen LogP contribution in [0.25, 0.3) is 0 Å². The Hall–Kier alpha value is -1.74. The lowest BCUT2D eigenvalue weighted by atomic mass is 9.82. The van der Waals surface area contributed by atoms with Gasteiger partial charge in [-0.25, -0.2) is 9.59 Å². The zero-order valence-electron chi connectivity index (χ0n) is 12.0. The van der Waals surface area contributed by atoms with Crippen LogP contribution in [0.5, 0.6) is 0 Å². The summed E-state index contributed by atoms with van der Waals surface area (Å²) in [6.45, 7) is 0. The van der Waals surface area contributed by atoms with Gasteiger partial charge in [-0.2, -0.15) is 0 Å². The van der Waals surface area contributed by atoms with Crippen LogP contribution in [0, 0.1) is 0 Å². The molecule has 0 aliphatic heterocycles. The fourth-order valence-electron chi connectivity index (χ4n) is 2.19. The number of aliphatic hydroxyl groups excluding tert-OH is 2. The van der Waals surface area contributed by atoms with Crippen molar-refractivity contribution in [3.8, 4) is 0 Å². The molecule has 1 aromatic rings. The molecular formula is C15H15BrO7. The maximum absolute atomic E-state index is 12.1. The van der Waals surface area contributed by atoms with E-state index in [1.54, 1.807) is 12.1 Å². The smallest absolute Gasteiger partial charge is 0.345 e. The molecule has 0 bridgehead atoms. The van der Waals surface area contributed by atoms with E-state index in [0.29, 0.717) is 0 Å². The van der Waals surface area contributed by atoms with E-state index in [-0.39, 0.29) is 5.56 Å². The van der Waals surface area contributed by atoms with Crippen LogP contribution in [0.1, 0.15) is 10.4 Å². The van der Waals surface area contributed by atoms with Crippen LogP contribution in [0.3, 0.4) is 0 Å². The molecular weight excluding hydrogens is 372 g/mol. The number of hydrogen-bond acceptors (Lipinski definition) is 7. The van der Waals surface area contributed by atoms with Gasteiger partial charge in [0.25, 0.3) is 0 Å². The van der Waals surface area contributed by atoms with E-state index in [1.807, 2.05) is 0 Å². The highest BCUT2D eigenvalue weighted by Gasteiger charge is 2.56. The summed E-state index contributed by atoms with van der Waals surface area (Å²) in [6, 6.07) is 6.22. The third kappa shape index (κ3) is 3.30. The fraction of sp³-hybridized carbons (Fsp3) is 0.333. The molecule has 0 aromatic heterocycles. The molecule has 124 valence electrons. The van der Waals surface area contributed by atoms with E-state index in [4.69, 9.17) is 4.74 Å². The third-order valence-corrected chi connectivity index (χ3v) is 4.05. The van der Waals surface area contributed by atoms with Gasteiger partial charge in [-0.05, 0) is 30.3 Å². The number of aliphatic hydroxyl groups is 3. The van der Waals surface area contributed by atoms with E-state index in [2.05, 4.69) is 20.7 Å². The van der Waals surface area contributed by atoms with E-state index < -0.39 is 35.9 Å². The number of carbonyl (C=O) groups is 2. The first kappa shape index (κ1) is 17.6. The Morgan fingerprint density at radius 1 is 1.17 bits per heavy atom. The quantitative estimate of drug-likeness (QED) is 0.501. The first-order valence-electron chi connectivity index (χ1n) is 6.62. The van der Waals surface area contributed by atoms with Crippen LogP contribution >= 0.6 is 15.9 Å². The first-order chi connectivity index (χ1) is 10.8. The lowest BCUT2D eigenvalue weighted by molar-refractivity contribution is -0.201. The Morgan fingerprint density at radius 2 is 1.78 bits per heavy atom. The molecule has 2 rings (SSSR count). The number of ether oxygens (including phenoxy) is 2. The van der Waals surface area contributed by atoms with E-state index in [0.717, 1.165) is 23.7 Å². The van der Waals surface area contributed by atoms with Crippen LogP contribution < -0.4 is 0 Å². The molecule has 4 atom stereocenters. The summed E-state index contributed by atoms with van der Waals surface area (Å²) in [7, 11) is 1.01. The summed E-state index contributed by atoms with van der Waals surface area (Å²) in [4.78, 5) is 24.0. The maximum Gasteiger partial charge on any atom is 0.345 e. The molecule has 3 N–H and O–H groups in total. The highest BCUT2D eigenvalue weighted by Crippen LogP contribution is 2.29. The van der Waals surface area contributed by atoms with Gasteiger partial charge < -0.3 is 24.8 Å². The number of carbonyl (C=O) groups excluding carboxylic acids is 2. The first-order valence-corrected chi connectivity index (χ1v) is 7.41. The predicted octanol–water partition coefficient (Wildman–Crippen LogP) is 0.170. The zero-order valence-corrected chi connectivity index (χ0v) is 13.6. The molecule has 8 heteroatoms. The molecule has 0 heterocycles. The summed E-state index contributed by atoms with van der Waals surface area (Å²) in [5.41, 5.74) is -2.41. The third-order valence-electron chi connectivity index (χ3n) is 3.52. The lowest BCUT2D eigenvalue weighted by Gasteiger charge is -2.39. The van der Waals surface area contributed by atoms with Gasteiger partial charge in [0, 0.05) is 4.47 Å². The summed E-state index contributed by atoms with van der Waals surface area (Å²) >= 11 is 3.23. The van der Waals surface area contributed by atoms with Crippen LogP contribution in [0.4, 0.5) is 0 Å². The molecule has 0 radical (unpaired) electrons. The van der Waals surface area contributed by atoms with Crippen molar-refractivity contribution in [1.29, 1.82) is 0 Å². The van der Waals surface area contributed by atoms with Crippen molar-refractivity contribution in [2.24, 2.45) is 0 Å². The molecule has 1 aromatic carbocycles. The van der Waals surface area contributed by atoms with Gasteiger partial charge in [0.05, 0.1) is 12.7 Å². The molecule has 23 heavy (non-hydrogen) atoms. The van der Waals surface area contributed by atoms with Crippen molar-refractivity contribution in [1.82, 2.24) is 0 Å². The average Bonchev–Trinajstić information content (AvgIpc) is 2.55. The number of rotatable bonds is 3. The van der Waals surface area contributed by atoms with Gasteiger partial charge in [0.15, 0.2) is 6.10 Å². The number of benzene rings is 1. The van der Waals surface area contributed by atoms with Crippen molar-refractivity contribution in [2.75, 3.05) is 7.11 Å². The van der Waals surface area contributed by atoms with Gasteiger partial charge in [-0.3, -0.25) is 0 Å². The second-order valence-corrected chi connectivity index (χ2v) is 5.89. The average molecular weight is 387 g/mol. The molecule has 0 spiro atoms. The minimum absolute atomic E-state index is 0.189. The number of halogens is 1. The second kappa shape index (κ2) is 6.79. The zero-order chi connectivity index (χ0) is 17.2. The Kier molecular flexibility index (Phi) is 5.20. The monoisotopic (exact) mass is 386 g/mol. The molecule has 0 amide bonds. The minimum Gasteiger partial charge on any atom is -0.467 e. The molecule has 0 unspecified atom stereocenters. The summed E-state index contributed by atoms with van der Waals surface area (Å²) in [6.07, 6.45) is -2.65. The van der Waals surface area contributed by atoms with Crippen LogP contribution in [0.2, 0.25) is 0 Å². The number of hydrogen-bond donors (Lipinski definition) is 3. The SMILES string of the molecule is COC(=O)[C@@]1(O)[C@H](OC(=O)c2ccc(Br)cc2)C=C[C@H](O)[C@@H]1O. The van der Waals surface area contributed by atoms with Crippen LogP contribution in [0.15, 0.2) is 40.9 Å². The van der Waals surface area contributed by atoms with Crippen LogP contribution in [-0.2, 0) is 14.3 Å². The normalized spacial score (nSPS) is 29.9. The Balaban J connectivity index is 2.28. The highest BCUT2D eigenvalue weighted by atomic mass is 79.9. The Labute approximate surface area is 140 Å². The van der Waals surface area contributed by atoms with Gasteiger partial charge in [-0.1, -0.05) is 22.0 Å². The standard InChI is InChI=1S/C15H15BrO7/c1-22-14(20)15(21)11(7-6-10(17)12(15)18)23-13(19)8-2-4-9(16)5-3-8/h2-7,10-12,17-18,21H,1H3/t10-,11+,12-,15+/m0/s1.